The summed E-state index contributed by atoms with van der Waals surface area (Å²) in [5.74, 6) is 2.22. The van der Waals surface area contributed by atoms with Crippen LogP contribution in [-0.2, 0) is 4.79 Å². The van der Waals surface area contributed by atoms with Gasteiger partial charge >= 0.3 is 0 Å². The third-order valence-electron chi connectivity index (χ3n) is 7.24. The third-order valence-corrected chi connectivity index (χ3v) is 9.08. The fourth-order valence-corrected chi connectivity index (χ4v) is 6.96. The van der Waals surface area contributed by atoms with Crippen molar-refractivity contribution in [2.24, 2.45) is 23.2 Å². The highest BCUT2D eigenvalue weighted by atomic mass is 28.3. The number of benzene rings is 1. The molecule has 164 valence electrons. The zero-order valence-corrected chi connectivity index (χ0v) is 21.0. The third kappa shape index (κ3) is 3.91. The van der Waals surface area contributed by atoms with Gasteiger partial charge in [-0.1, -0.05) is 64.2 Å². The second-order valence-electron chi connectivity index (χ2n) is 10.8. The van der Waals surface area contributed by atoms with E-state index in [4.69, 9.17) is 9.47 Å². The van der Waals surface area contributed by atoms with Crippen molar-refractivity contribution in [3.63, 3.8) is 0 Å². The van der Waals surface area contributed by atoms with Gasteiger partial charge in [-0.15, -0.1) is 0 Å². The van der Waals surface area contributed by atoms with Gasteiger partial charge in [-0.25, -0.2) is 0 Å². The van der Waals surface area contributed by atoms with E-state index in [1.807, 2.05) is 12.1 Å². The van der Waals surface area contributed by atoms with Crippen LogP contribution in [0.4, 0.5) is 0 Å². The van der Waals surface area contributed by atoms with Crippen LogP contribution in [0.3, 0.4) is 0 Å². The van der Waals surface area contributed by atoms with E-state index in [0.29, 0.717) is 11.3 Å². The van der Waals surface area contributed by atoms with E-state index in [1.165, 1.54) is 11.1 Å². The summed E-state index contributed by atoms with van der Waals surface area (Å²) >= 11 is 0. The highest BCUT2D eigenvalue weighted by molar-refractivity contribution is 7.03. The van der Waals surface area contributed by atoms with Crippen LogP contribution in [0.15, 0.2) is 42.0 Å². The summed E-state index contributed by atoms with van der Waals surface area (Å²) in [5.41, 5.74) is 3.74. The Labute approximate surface area is 183 Å². The fraction of sp³-hybridized carbons (Fsp3) is 0.577. The van der Waals surface area contributed by atoms with Crippen LogP contribution in [0.1, 0.15) is 45.1 Å². The molecule has 1 aromatic rings. The Hall–Kier alpha value is -1.81. The normalized spacial score (nSPS) is 28.4. The summed E-state index contributed by atoms with van der Waals surface area (Å²) in [7, 11) is 1.47. The van der Waals surface area contributed by atoms with Crippen LogP contribution in [0.25, 0.3) is 0 Å². The molecule has 3 rings (SSSR count). The van der Waals surface area contributed by atoms with Gasteiger partial charge in [0.15, 0.2) is 0 Å². The van der Waals surface area contributed by atoms with Crippen molar-refractivity contribution < 1.29 is 14.3 Å². The number of allylic oxidation sites excluding steroid dienone is 3. The van der Waals surface area contributed by atoms with Crippen molar-refractivity contribution in [1.82, 2.24) is 0 Å². The molecule has 0 aliphatic heterocycles. The van der Waals surface area contributed by atoms with Crippen LogP contribution in [0.5, 0.6) is 11.5 Å². The van der Waals surface area contributed by atoms with Gasteiger partial charge in [-0.2, -0.15) is 0 Å². The van der Waals surface area contributed by atoms with Gasteiger partial charge in [0.05, 0.1) is 14.2 Å². The molecule has 2 aliphatic carbocycles. The fourth-order valence-electron chi connectivity index (χ4n) is 5.57. The average molecular weight is 427 g/mol. The quantitative estimate of drug-likeness (QED) is 0.403. The maximum Gasteiger partial charge on any atom is 0.124 e. The lowest BCUT2D eigenvalue weighted by atomic mass is 9.72. The van der Waals surface area contributed by atoms with Gasteiger partial charge < -0.3 is 14.3 Å². The van der Waals surface area contributed by atoms with Crippen molar-refractivity contribution in [3.8, 4) is 11.5 Å². The molecule has 0 bridgehead atoms. The van der Waals surface area contributed by atoms with Crippen molar-refractivity contribution in [1.29, 1.82) is 0 Å². The van der Waals surface area contributed by atoms with E-state index in [1.54, 1.807) is 14.2 Å². The van der Waals surface area contributed by atoms with Crippen LogP contribution < -0.4 is 9.47 Å². The molecular weight excluding hydrogens is 388 g/mol. The summed E-state index contributed by atoms with van der Waals surface area (Å²) < 4.78 is 11.4. The maximum absolute atomic E-state index is 13.7. The number of carbonyl (C=O) groups excluding carboxylic acids is 1. The molecular formula is C26H38O3Si. The van der Waals surface area contributed by atoms with Crippen molar-refractivity contribution >= 4 is 13.5 Å². The standard InChI is InChI=1S/C26H38O3Si/c1-16-10-12-21-24(20(15-26(21,3)4)25(27)30(7,8)9)23(17(16)2)19-14-18(28-5)11-13-22(19)29-6/h11-14,16,20,23-24H,2,10,15H2,1,3-9H3/t16-,20?,23+,24?/m1/s1. The molecule has 4 heteroatoms. The molecule has 0 saturated heterocycles. The molecule has 0 aromatic heterocycles. The molecule has 0 heterocycles. The number of hydrogen-bond acceptors (Lipinski definition) is 3. The molecule has 0 amide bonds. The smallest absolute Gasteiger partial charge is 0.124 e. The Morgan fingerprint density at radius 3 is 2.40 bits per heavy atom. The van der Waals surface area contributed by atoms with Crippen molar-refractivity contribution in [2.75, 3.05) is 14.2 Å². The van der Waals surface area contributed by atoms with E-state index in [0.717, 1.165) is 29.9 Å². The molecule has 2 unspecified atom stereocenters. The van der Waals surface area contributed by atoms with Crippen LogP contribution in [0, 0.1) is 23.2 Å². The minimum Gasteiger partial charge on any atom is -0.497 e. The minimum absolute atomic E-state index is 0.0132. The first-order chi connectivity index (χ1) is 13.9. The Morgan fingerprint density at radius 2 is 1.83 bits per heavy atom. The van der Waals surface area contributed by atoms with Crippen molar-refractivity contribution in [3.05, 3.63) is 47.6 Å². The molecule has 1 saturated carbocycles. The molecule has 3 nitrogen and oxygen atoms in total. The Morgan fingerprint density at radius 1 is 1.17 bits per heavy atom. The topological polar surface area (TPSA) is 35.5 Å². The van der Waals surface area contributed by atoms with E-state index in [9.17, 15) is 4.79 Å². The van der Waals surface area contributed by atoms with Crippen LogP contribution in [-0.4, -0.2) is 27.7 Å². The van der Waals surface area contributed by atoms with Crippen molar-refractivity contribution in [2.45, 2.75) is 59.2 Å². The summed E-state index contributed by atoms with van der Waals surface area (Å²) in [6, 6.07) is 6.01. The SMILES string of the molecule is C=C1[C@H](C)CC=C2C(C(C(=O)[Si](C)(C)C)CC2(C)C)[C@@H]1c1cc(OC)ccc1OC. The molecule has 0 spiro atoms. The molecule has 1 fully saturated rings. The Balaban J connectivity index is 2.25. The zero-order chi connectivity index (χ0) is 22.4. The van der Waals surface area contributed by atoms with Gasteiger partial charge in [0.25, 0.3) is 0 Å². The second kappa shape index (κ2) is 8.03. The Kier molecular flexibility index (Phi) is 6.12. The lowest BCUT2D eigenvalue weighted by molar-refractivity contribution is -0.117. The molecule has 4 atom stereocenters. The molecule has 30 heavy (non-hydrogen) atoms. The number of methoxy groups -OCH3 is 2. The first-order valence-electron chi connectivity index (χ1n) is 11.1. The summed E-state index contributed by atoms with van der Waals surface area (Å²) in [5, 5.41) is 0.484. The molecule has 0 N–H and O–H groups in total. The maximum atomic E-state index is 13.7. The average Bonchev–Trinajstić information content (AvgIpc) is 2.86. The van der Waals surface area contributed by atoms with E-state index in [-0.39, 0.29) is 23.2 Å². The lowest BCUT2D eigenvalue weighted by Gasteiger charge is -2.34. The first kappa shape index (κ1) is 22.9. The van der Waals surface area contributed by atoms with E-state index < -0.39 is 8.07 Å². The monoisotopic (exact) mass is 426 g/mol. The van der Waals surface area contributed by atoms with Crippen LogP contribution >= 0.6 is 0 Å². The number of hydrogen-bond donors (Lipinski definition) is 0. The second-order valence-corrected chi connectivity index (χ2v) is 15.8. The zero-order valence-electron chi connectivity index (χ0n) is 20.0. The minimum atomic E-state index is -1.94. The van der Waals surface area contributed by atoms with Crippen LogP contribution in [0.2, 0.25) is 19.6 Å². The number of fused-ring (bicyclic) bond motifs is 1. The predicted octanol–water partition coefficient (Wildman–Crippen LogP) is 6.42. The first-order valence-corrected chi connectivity index (χ1v) is 14.6. The highest BCUT2D eigenvalue weighted by Gasteiger charge is 2.53. The van der Waals surface area contributed by atoms with E-state index in [2.05, 4.69) is 59.1 Å². The molecule has 1 aromatic carbocycles. The lowest BCUT2D eigenvalue weighted by Crippen LogP contribution is -2.41. The summed E-state index contributed by atoms with van der Waals surface area (Å²) in [4.78, 5) is 13.7. The number of ether oxygens (including phenoxy) is 2. The van der Waals surface area contributed by atoms with Gasteiger partial charge in [0, 0.05) is 23.3 Å². The highest BCUT2D eigenvalue weighted by Crippen LogP contribution is 2.60. The molecule has 0 radical (unpaired) electrons. The molecule has 2 aliphatic rings. The predicted molar refractivity (Wildman–Crippen MR) is 127 cm³/mol. The number of carbonyl (C=O) groups is 1. The van der Waals surface area contributed by atoms with Gasteiger partial charge in [0.1, 0.15) is 25.0 Å². The summed E-state index contributed by atoms with van der Waals surface area (Å²) in [6.45, 7) is 18.0. The van der Waals surface area contributed by atoms with Gasteiger partial charge in [-0.05, 0) is 42.4 Å². The van der Waals surface area contributed by atoms with Gasteiger partial charge in [-0.3, -0.25) is 0 Å². The Bertz CT molecular complexity index is 875. The summed E-state index contributed by atoms with van der Waals surface area (Å²) in [6.07, 6.45) is 4.31. The van der Waals surface area contributed by atoms with Gasteiger partial charge in [0.2, 0.25) is 0 Å². The largest absolute Gasteiger partial charge is 0.497 e. The van der Waals surface area contributed by atoms with E-state index >= 15 is 0 Å². The number of rotatable bonds is 5.